The van der Waals surface area contributed by atoms with E-state index in [9.17, 15) is 14.4 Å². The summed E-state index contributed by atoms with van der Waals surface area (Å²) in [7, 11) is 0. The van der Waals surface area contributed by atoms with Crippen molar-refractivity contribution in [3.63, 3.8) is 0 Å². The summed E-state index contributed by atoms with van der Waals surface area (Å²) < 4.78 is 15.0. The van der Waals surface area contributed by atoms with E-state index in [0.717, 1.165) is 18.4 Å². The number of hydrogen-bond acceptors (Lipinski definition) is 6. The van der Waals surface area contributed by atoms with Crippen LogP contribution in [0.1, 0.15) is 35.7 Å². The molecule has 1 saturated heterocycles. The minimum atomic E-state index is -0.793. The monoisotopic (exact) mass is 412 g/mol. The summed E-state index contributed by atoms with van der Waals surface area (Å²) in [6.45, 7) is 2.87. The van der Waals surface area contributed by atoms with Crippen LogP contribution in [0.5, 0.6) is 5.75 Å². The highest BCUT2D eigenvalue weighted by atomic mass is 16.7. The second-order valence-electron chi connectivity index (χ2n) is 6.68. The smallest absolute Gasteiger partial charge is 0.434 e. The Kier molecular flexibility index (Phi) is 7.40. The van der Waals surface area contributed by atoms with Gasteiger partial charge in [-0.3, -0.25) is 9.59 Å². The summed E-state index contributed by atoms with van der Waals surface area (Å²) in [6.07, 6.45) is 0.475. The van der Waals surface area contributed by atoms with Gasteiger partial charge in [0.25, 0.3) is 5.91 Å². The van der Waals surface area contributed by atoms with Crippen LogP contribution in [0.2, 0.25) is 0 Å². The van der Waals surface area contributed by atoms with Crippen LogP contribution in [0.3, 0.4) is 0 Å². The van der Waals surface area contributed by atoms with Crippen molar-refractivity contribution in [1.82, 2.24) is 5.32 Å². The SMILES string of the molecule is CCOC(=O)Oc1ccc(C(=O)Nc2cccc(CNC(=O)C3CCCO3)c2)cc1. The number of benzene rings is 2. The van der Waals surface area contributed by atoms with Crippen LogP contribution < -0.4 is 15.4 Å². The van der Waals surface area contributed by atoms with Gasteiger partial charge in [0.1, 0.15) is 11.9 Å². The molecule has 0 radical (unpaired) electrons. The quantitative estimate of drug-likeness (QED) is 0.534. The number of carbonyl (C=O) groups excluding carboxylic acids is 3. The lowest BCUT2D eigenvalue weighted by Gasteiger charge is -2.11. The fourth-order valence-corrected chi connectivity index (χ4v) is 2.97. The van der Waals surface area contributed by atoms with E-state index in [2.05, 4.69) is 10.6 Å². The molecule has 2 aromatic rings. The van der Waals surface area contributed by atoms with Gasteiger partial charge in [-0.05, 0) is 61.7 Å². The third-order valence-corrected chi connectivity index (χ3v) is 4.45. The Morgan fingerprint density at radius 2 is 1.93 bits per heavy atom. The Labute approximate surface area is 174 Å². The van der Waals surface area contributed by atoms with Crippen LogP contribution in [0.15, 0.2) is 48.5 Å². The zero-order valence-corrected chi connectivity index (χ0v) is 16.7. The molecule has 0 saturated carbocycles. The summed E-state index contributed by atoms with van der Waals surface area (Å²) in [6, 6.07) is 13.4. The molecule has 1 fully saturated rings. The molecule has 158 valence electrons. The van der Waals surface area contributed by atoms with E-state index in [-0.39, 0.29) is 30.3 Å². The summed E-state index contributed by atoms with van der Waals surface area (Å²) in [5.41, 5.74) is 1.87. The molecule has 8 heteroatoms. The van der Waals surface area contributed by atoms with E-state index < -0.39 is 6.16 Å². The van der Waals surface area contributed by atoms with Crippen LogP contribution in [0.25, 0.3) is 0 Å². The maximum atomic E-state index is 12.5. The van der Waals surface area contributed by atoms with Gasteiger partial charge in [-0.1, -0.05) is 12.1 Å². The summed E-state index contributed by atoms with van der Waals surface area (Å²) in [5, 5.41) is 5.67. The fourth-order valence-electron chi connectivity index (χ4n) is 2.97. The molecule has 3 rings (SSSR count). The Balaban J connectivity index is 1.54. The predicted molar refractivity (Wildman–Crippen MR) is 109 cm³/mol. The fraction of sp³-hybridized carbons (Fsp3) is 0.318. The number of anilines is 1. The van der Waals surface area contributed by atoms with Crippen molar-refractivity contribution in [2.75, 3.05) is 18.5 Å². The van der Waals surface area contributed by atoms with Crippen molar-refractivity contribution in [2.45, 2.75) is 32.4 Å². The van der Waals surface area contributed by atoms with E-state index in [4.69, 9.17) is 14.2 Å². The molecule has 8 nitrogen and oxygen atoms in total. The molecular weight excluding hydrogens is 388 g/mol. The van der Waals surface area contributed by atoms with Gasteiger partial charge in [0.15, 0.2) is 0 Å². The number of ether oxygens (including phenoxy) is 3. The van der Waals surface area contributed by atoms with Gasteiger partial charge < -0.3 is 24.8 Å². The van der Waals surface area contributed by atoms with E-state index >= 15 is 0 Å². The molecule has 0 bridgehead atoms. The van der Waals surface area contributed by atoms with Crippen molar-refractivity contribution in [3.8, 4) is 5.75 Å². The lowest BCUT2D eigenvalue weighted by Crippen LogP contribution is -2.33. The minimum Gasteiger partial charge on any atom is -0.434 e. The Morgan fingerprint density at radius 1 is 1.13 bits per heavy atom. The van der Waals surface area contributed by atoms with Crippen LogP contribution in [-0.2, 0) is 20.8 Å². The van der Waals surface area contributed by atoms with E-state index in [1.54, 1.807) is 37.3 Å². The second kappa shape index (κ2) is 10.4. The first-order valence-electron chi connectivity index (χ1n) is 9.79. The van der Waals surface area contributed by atoms with Gasteiger partial charge in [-0.2, -0.15) is 0 Å². The average Bonchev–Trinajstić information content (AvgIpc) is 3.28. The Hall–Kier alpha value is -3.39. The van der Waals surface area contributed by atoms with Crippen LogP contribution >= 0.6 is 0 Å². The van der Waals surface area contributed by atoms with Crippen LogP contribution in [-0.4, -0.2) is 37.3 Å². The number of hydrogen-bond donors (Lipinski definition) is 2. The highest BCUT2D eigenvalue weighted by molar-refractivity contribution is 6.04. The van der Waals surface area contributed by atoms with Gasteiger partial charge in [0.05, 0.1) is 6.61 Å². The molecular formula is C22H24N2O6. The van der Waals surface area contributed by atoms with Crippen molar-refractivity contribution in [1.29, 1.82) is 0 Å². The summed E-state index contributed by atoms with van der Waals surface area (Å²) in [4.78, 5) is 35.8. The molecule has 1 unspecified atom stereocenters. The maximum absolute atomic E-state index is 12.5. The van der Waals surface area contributed by atoms with Gasteiger partial charge in [-0.15, -0.1) is 0 Å². The number of nitrogens with one attached hydrogen (secondary N) is 2. The lowest BCUT2D eigenvalue weighted by molar-refractivity contribution is -0.130. The number of rotatable bonds is 7. The first-order chi connectivity index (χ1) is 14.5. The molecule has 0 spiro atoms. The standard InChI is InChI=1S/C22H24N2O6/c1-2-28-22(27)30-18-10-8-16(9-11-18)20(25)24-17-6-3-5-15(13-17)14-23-21(26)19-7-4-12-29-19/h3,5-6,8-11,13,19H,2,4,7,12,14H2,1H3,(H,23,26)(H,24,25). The molecule has 1 atom stereocenters. The van der Waals surface area contributed by atoms with Gasteiger partial charge in [-0.25, -0.2) is 4.79 Å². The van der Waals surface area contributed by atoms with Crippen molar-refractivity contribution in [2.24, 2.45) is 0 Å². The Morgan fingerprint density at radius 3 is 2.63 bits per heavy atom. The van der Waals surface area contributed by atoms with Gasteiger partial charge >= 0.3 is 6.16 Å². The summed E-state index contributed by atoms with van der Waals surface area (Å²) >= 11 is 0. The molecule has 2 N–H and O–H groups in total. The molecule has 1 aliphatic heterocycles. The van der Waals surface area contributed by atoms with E-state index in [1.807, 2.05) is 6.07 Å². The Bertz CT molecular complexity index is 891. The highest BCUT2D eigenvalue weighted by Gasteiger charge is 2.23. The second-order valence-corrected chi connectivity index (χ2v) is 6.68. The van der Waals surface area contributed by atoms with Gasteiger partial charge in [0.2, 0.25) is 5.91 Å². The number of amides is 2. The van der Waals surface area contributed by atoms with Gasteiger partial charge in [0, 0.05) is 24.4 Å². The van der Waals surface area contributed by atoms with Crippen molar-refractivity contribution < 1.29 is 28.6 Å². The lowest BCUT2D eigenvalue weighted by atomic mass is 10.1. The predicted octanol–water partition coefficient (Wildman–Crippen LogP) is 3.27. The largest absolute Gasteiger partial charge is 0.513 e. The topological polar surface area (TPSA) is 103 Å². The zero-order valence-electron chi connectivity index (χ0n) is 16.7. The zero-order chi connectivity index (χ0) is 21.3. The van der Waals surface area contributed by atoms with E-state index in [1.165, 1.54) is 12.1 Å². The molecule has 2 aromatic carbocycles. The molecule has 1 aliphatic rings. The third-order valence-electron chi connectivity index (χ3n) is 4.45. The molecule has 0 aliphatic carbocycles. The van der Waals surface area contributed by atoms with Crippen molar-refractivity contribution >= 4 is 23.7 Å². The average molecular weight is 412 g/mol. The molecule has 0 aromatic heterocycles. The number of carbonyl (C=O) groups is 3. The first-order valence-corrected chi connectivity index (χ1v) is 9.79. The van der Waals surface area contributed by atoms with Crippen LogP contribution in [0, 0.1) is 0 Å². The normalized spacial score (nSPS) is 15.3. The molecule has 2 amide bonds. The third kappa shape index (κ3) is 6.05. The van der Waals surface area contributed by atoms with Crippen molar-refractivity contribution in [3.05, 3.63) is 59.7 Å². The maximum Gasteiger partial charge on any atom is 0.513 e. The van der Waals surface area contributed by atoms with Crippen LogP contribution in [0.4, 0.5) is 10.5 Å². The minimum absolute atomic E-state index is 0.118. The summed E-state index contributed by atoms with van der Waals surface area (Å²) in [5.74, 6) is -0.140. The molecule has 30 heavy (non-hydrogen) atoms. The first kappa shape index (κ1) is 21.3. The van der Waals surface area contributed by atoms with E-state index in [0.29, 0.717) is 24.4 Å². The molecule has 1 heterocycles. The highest BCUT2D eigenvalue weighted by Crippen LogP contribution is 2.16.